The van der Waals surface area contributed by atoms with Crippen molar-refractivity contribution in [3.05, 3.63) is 95.4 Å². The minimum absolute atomic E-state index is 0.0864. The summed E-state index contributed by atoms with van der Waals surface area (Å²) in [5.74, 6) is 0.611. The maximum absolute atomic E-state index is 13.8. The molecule has 0 bridgehead atoms. The molecule has 2 aromatic heterocycles. The third kappa shape index (κ3) is 3.69. The molecular formula is C22H19ClN4O2S. The molecule has 2 aromatic carbocycles. The van der Waals surface area contributed by atoms with E-state index in [1.54, 1.807) is 60.0 Å². The first-order chi connectivity index (χ1) is 14.4. The smallest absolute Gasteiger partial charge is 0.268 e. The number of benzene rings is 2. The molecule has 0 atom stereocenters. The standard InChI is InChI=1S/C22H19ClN4O2S/c1-3-17-6-8-18(9-7-17)15-27(20-12-10-19(23)11-13-20)30(28,29)21-5-4-14-26-16(2)24-25-22(21)26/h3-14H,1,15H2,2H3. The Morgan fingerprint density at radius 1 is 1.07 bits per heavy atom. The number of aryl methyl sites for hydroxylation is 1. The van der Waals surface area contributed by atoms with Crippen LogP contribution in [0.5, 0.6) is 0 Å². The first-order valence-electron chi connectivity index (χ1n) is 9.20. The summed E-state index contributed by atoms with van der Waals surface area (Å²) in [5.41, 5.74) is 2.59. The van der Waals surface area contributed by atoms with Crippen LogP contribution in [0.2, 0.25) is 5.02 Å². The number of hydrogen-bond donors (Lipinski definition) is 0. The van der Waals surface area contributed by atoms with E-state index in [-0.39, 0.29) is 17.1 Å². The maximum Gasteiger partial charge on any atom is 0.268 e. The average molecular weight is 439 g/mol. The lowest BCUT2D eigenvalue weighted by Crippen LogP contribution is -2.31. The number of rotatable bonds is 6. The zero-order valence-electron chi connectivity index (χ0n) is 16.2. The molecule has 0 aliphatic carbocycles. The molecule has 0 saturated heterocycles. The number of halogens is 1. The zero-order chi connectivity index (χ0) is 21.3. The molecule has 0 saturated carbocycles. The highest BCUT2D eigenvalue weighted by Crippen LogP contribution is 2.29. The molecule has 2 heterocycles. The Labute approximate surface area is 180 Å². The van der Waals surface area contributed by atoms with Crippen molar-refractivity contribution in [1.29, 1.82) is 0 Å². The fourth-order valence-electron chi connectivity index (χ4n) is 3.17. The predicted molar refractivity (Wildman–Crippen MR) is 119 cm³/mol. The van der Waals surface area contributed by atoms with Crippen LogP contribution in [0.4, 0.5) is 5.69 Å². The van der Waals surface area contributed by atoms with Gasteiger partial charge >= 0.3 is 0 Å². The Hall–Kier alpha value is -3.16. The van der Waals surface area contributed by atoms with Crippen LogP contribution in [0, 0.1) is 6.92 Å². The van der Waals surface area contributed by atoms with Crippen LogP contribution in [0.3, 0.4) is 0 Å². The lowest BCUT2D eigenvalue weighted by Gasteiger charge is -2.25. The summed E-state index contributed by atoms with van der Waals surface area (Å²) < 4.78 is 30.5. The quantitative estimate of drug-likeness (QED) is 0.436. The number of sulfonamides is 1. The van der Waals surface area contributed by atoms with E-state index in [0.29, 0.717) is 16.5 Å². The summed E-state index contributed by atoms with van der Waals surface area (Å²) in [7, 11) is -3.95. The summed E-state index contributed by atoms with van der Waals surface area (Å²) >= 11 is 6.02. The van der Waals surface area contributed by atoms with Crippen molar-refractivity contribution in [2.45, 2.75) is 18.4 Å². The van der Waals surface area contributed by atoms with Gasteiger partial charge in [-0.25, -0.2) is 8.42 Å². The molecular weight excluding hydrogens is 420 g/mol. The van der Waals surface area contributed by atoms with Gasteiger partial charge in [-0.15, -0.1) is 10.2 Å². The summed E-state index contributed by atoms with van der Waals surface area (Å²) in [4.78, 5) is 0.0864. The third-order valence-electron chi connectivity index (χ3n) is 4.79. The van der Waals surface area contributed by atoms with Crippen molar-refractivity contribution >= 4 is 39.0 Å². The van der Waals surface area contributed by atoms with Gasteiger partial charge in [0.05, 0.1) is 12.2 Å². The molecule has 0 fully saturated rings. The lowest BCUT2D eigenvalue weighted by molar-refractivity contribution is 0.590. The zero-order valence-corrected chi connectivity index (χ0v) is 17.8. The highest BCUT2D eigenvalue weighted by molar-refractivity contribution is 7.93. The highest BCUT2D eigenvalue weighted by atomic mass is 35.5. The molecule has 4 aromatic rings. The summed E-state index contributed by atoms with van der Waals surface area (Å²) in [5, 5.41) is 8.63. The van der Waals surface area contributed by atoms with Crippen LogP contribution in [-0.2, 0) is 16.6 Å². The van der Waals surface area contributed by atoms with E-state index < -0.39 is 10.0 Å². The molecule has 0 aliphatic rings. The van der Waals surface area contributed by atoms with Gasteiger partial charge in [-0.05, 0) is 54.4 Å². The van der Waals surface area contributed by atoms with Gasteiger partial charge in [0.25, 0.3) is 10.0 Å². The molecule has 0 spiro atoms. The van der Waals surface area contributed by atoms with Crippen molar-refractivity contribution in [2.24, 2.45) is 0 Å². The first-order valence-corrected chi connectivity index (χ1v) is 11.0. The largest absolute Gasteiger partial charge is 0.286 e. The molecule has 30 heavy (non-hydrogen) atoms. The van der Waals surface area contributed by atoms with E-state index in [2.05, 4.69) is 16.8 Å². The van der Waals surface area contributed by atoms with Crippen LogP contribution >= 0.6 is 11.6 Å². The summed E-state index contributed by atoms with van der Waals surface area (Å²) in [6.45, 7) is 5.67. The second-order valence-electron chi connectivity index (χ2n) is 6.75. The van der Waals surface area contributed by atoms with Gasteiger partial charge in [0.15, 0.2) is 5.65 Å². The molecule has 4 rings (SSSR count). The Bertz CT molecular complexity index is 1310. The molecule has 0 N–H and O–H groups in total. The minimum atomic E-state index is -3.95. The Morgan fingerprint density at radius 2 is 1.77 bits per heavy atom. The Kier molecular flexibility index (Phi) is 5.32. The second kappa shape index (κ2) is 7.93. The number of anilines is 1. The van der Waals surface area contributed by atoms with E-state index in [9.17, 15) is 8.42 Å². The van der Waals surface area contributed by atoms with Crippen molar-refractivity contribution in [2.75, 3.05) is 4.31 Å². The Balaban J connectivity index is 1.84. The van der Waals surface area contributed by atoms with E-state index in [1.807, 2.05) is 24.3 Å². The van der Waals surface area contributed by atoms with Gasteiger partial charge in [-0.1, -0.05) is 48.5 Å². The Morgan fingerprint density at radius 3 is 2.43 bits per heavy atom. The number of nitrogens with zero attached hydrogens (tertiary/aromatic N) is 4. The number of hydrogen-bond acceptors (Lipinski definition) is 4. The van der Waals surface area contributed by atoms with E-state index >= 15 is 0 Å². The number of fused-ring (bicyclic) bond motifs is 1. The van der Waals surface area contributed by atoms with Gasteiger partial charge < -0.3 is 0 Å². The van der Waals surface area contributed by atoms with Gasteiger partial charge in [0.2, 0.25) is 0 Å². The van der Waals surface area contributed by atoms with Crippen LogP contribution < -0.4 is 4.31 Å². The molecule has 0 unspecified atom stereocenters. The molecule has 0 aliphatic heterocycles. The van der Waals surface area contributed by atoms with E-state index in [1.165, 1.54) is 4.31 Å². The van der Waals surface area contributed by atoms with Gasteiger partial charge in [-0.3, -0.25) is 8.71 Å². The maximum atomic E-state index is 13.8. The van der Waals surface area contributed by atoms with Crippen LogP contribution in [-0.4, -0.2) is 23.0 Å². The van der Waals surface area contributed by atoms with E-state index in [0.717, 1.165) is 11.1 Å². The van der Waals surface area contributed by atoms with Crippen LogP contribution in [0.25, 0.3) is 11.7 Å². The van der Waals surface area contributed by atoms with Gasteiger partial charge in [-0.2, -0.15) is 0 Å². The molecule has 6 nitrogen and oxygen atoms in total. The lowest BCUT2D eigenvalue weighted by atomic mass is 10.1. The van der Waals surface area contributed by atoms with Gasteiger partial charge in [0.1, 0.15) is 10.7 Å². The fraction of sp³-hybridized carbons (Fsp3) is 0.0909. The highest BCUT2D eigenvalue weighted by Gasteiger charge is 2.28. The molecule has 0 radical (unpaired) electrons. The van der Waals surface area contributed by atoms with Crippen molar-refractivity contribution in [1.82, 2.24) is 14.6 Å². The monoisotopic (exact) mass is 438 g/mol. The van der Waals surface area contributed by atoms with Crippen LogP contribution in [0.15, 0.2) is 78.3 Å². The first kappa shape index (κ1) is 20.1. The average Bonchev–Trinajstić information content (AvgIpc) is 3.14. The normalized spacial score (nSPS) is 11.5. The van der Waals surface area contributed by atoms with Crippen molar-refractivity contribution in [3.63, 3.8) is 0 Å². The third-order valence-corrected chi connectivity index (χ3v) is 6.84. The summed E-state index contributed by atoms with van der Waals surface area (Å²) in [6, 6.07) is 17.5. The second-order valence-corrected chi connectivity index (χ2v) is 9.01. The van der Waals surface area contributed by atoms with Crippen molar-refractivity contribution < 1.29 is 8.42 Å². The fourth-order valence-corrected chi connectivity index (χ4v) is 4.88. The molecule has 152 valence electrons. The summed E-state index contributed by atoms with van der Waals surface area (Å²) in [6.07, 6.45) is 3.48. The number of pyridine rings is 1. The number of aromatic nitrogens is 3. The van der Waals surface area contributed by atoms with E-state index in [4.69, 9.17) is 11.6 Å². The van der Waals surface area contributed by atoms with Crippen molar-refractivity contribution in [3.8, 4) is 0 Å². The molecule has 0 amide bonds. The SMILES string of the molecule is C=Cc1ccc(CN(c2ccc(Cl)cc2)S(=O)(=O)c2cccn3c(C)nnc23)cc1. The topological polar surface area (TPSA) is 67.6 Å². The predicted octanol–water partition coefficient (Wildman–Crippen LogP) is 4.73. The van der Waals surface area contributed by atoms with Crippen LogP contribution in [0.1, 0.15) is 17.0 Å². The van der Waals surface area contributed by atoms with Gasteiger partial charge in [0, 0.05) is 11.2 Å². The minimum Gasteiger partial charge on any atom is -0.286 e. The molecule has 8 heteroatoms.